The van der Waals surface area contributed by atoms with Crippen LogP contribution in [-0.2, 0) is 0 Å². The van der Waals surface area contributed by atoms with Crippen molar-refractivity contribution in [3.05, 3.63) is 80.5 Å². The van der Waals surface area contributed by atoms with Gasteiger partial charge in [0.2, 0.25) is 0 Å². The lowest BCUT2D eigenvalue weighted by molar-refractivity contribution is -0.384. The number of aromatic hydroxyl groups is 1. The number of nitro groups is 1. The number of benzene rings is 2. The number of non-ortho nitro benzene ring substituents is 1. The number of phenolic OH excluding ortho intramolecular Hbond substituents is 1. The van der Waals surface area contributed by atoms with E-state index in [1.54, 1.807) is 12.1 Å². The van der Waals surface area contributed by atoms with Crippen LogP contribution in [0.2, 0.25) is 0 Å². The first-order valence-corrected chi connectivity index (χ1v) is 8.40. The lowest BCUT2D eigenvalue weighted by atomic mass is 10.1. The number of nitrogens with one attached hydrogen (secondary N) is 1. The number of hydrazone groups is 1. The Bertz CT molecular complexity index is 1030. The second-order valence-corrected chi connectivity index (χ2v) is 6.28. The summed E-state index contributed by atoms with van der Waals surface area (Å²) < 4.78 is 6.57. The van der Waals surface area contributed by atoms with Crippen molar-refractivity contribution < 1.29 is 19.2 Å². The summed E-state index contributed by atoms with van der Waals surface area (Å²) in [6.07, 6.45) is 1.29. The van der Waals surface area contributed by atoms with Crippen molar-refractivity contribution >= 4 is 33.7 Å². The molecule has 1 amide bonds. The van der Waals surface area contributed by atoms with Gasteiger partial charge in [0.1, 0.15) is 17.3 Å². The van der Waals surface area contributed by atoms with Gasteiger partial charge in [-0.2, -0.15) is 5.10 Å². The lowest BCUT2D eigenvalue weighted by Gasteiger charge is -2.02. The molecule has 9 heteroatoms. The highest BCUT2D eigenvalue weighted by Gasteiger charge is 2.16. The Morgan fingerprint density at radius 3 is 2.63 bits per heavy atom. The van der Waals surface area contributed by atoms with Crippen molar-refractivity contribution in [2.45, 2.75) is 0 Å². The van der Waals surface area contributed by atoms with Crippen LogP contribution in [-0.4, -0.2) is 22.2 Å². The van der Waals surface area contributed by atoms with Crippen LogP contribution in [0.25, 0.3) is 11.3 Å². The van der Waals surface area contributed by atoms with E-state index in [1.807, 2.05) is 24.3 Å². The molecule has 0 saturated heterocycles. The van der Waals surface area contributed by atoms with Crippen LogP contribution in [0.5, 0.6) is 5.75 Å². The predicted molar refractivity (Wildman–Crippen MR) is 102 cm³/mol. The number of furan rings is 1. The molecule has 0 atom stereocenters. The van der Waals surface area contributed by atoms with Crippen molar-refractivity contribution in [2.75, 3.05) is 0 Å². The molecule has 2 N–H and O–H groups in total. The number of rotatable bonds is 5. The first-order valence-electron chi connectivity index (χ1n) is 7.60. The third-order valence-electron chi connectivity index (χ3n) is 3.55. The molecule has 0 aliphatic heterocycles. The Kier molecular flexibility index (Phi) is 5.32. The Balaban J connectivity index is 1.69. The average molecular weight is 430 g/mol. The van der Waals surface area contributed by atoms with Crippen molar-refractivity contribution in [2.24, 2.45) is 5.10 Å². The van der Waals surface area contributed by atoms with Crippen LogP contribution in [0, 0.1) is 10.1 Å². The SMILES string of the molecule is O=C(N/N=C/c1ccc(-c2ccc(Br)cc2)o1)c1cc([N+](=O)[O-])ccc1O. The van der Waals surface area contributed by atoms with Crippen LogP contribution in [0.4, 0.5) is 5.69 Å². The maximum atomic E-state index is 12.0. The van der Waals surface area contributed by atoms with Gasteiger partial charge in [-0.3, -0.25) is 14.9 Å². The molecule has 1 aromatic heterocycles. The number of carbonyl (C=O) groups is 1. The smallest absolute Gasteiger partial charge is 0.275 e. The number of halogens is 1. The fraction of sp³-hybridized carbons (Fsp3) is 0. The molecule has 0 radical (unpaired) electrons. The van der Waals surface area contributed by atoms with Crippen molar-refractivity contribution in [1.29, 1.82) is 0 Å². The zero-order valence-corrected chi connectivity index (χ0v) is 15.2. The monoisotopic (exact) mass is 429 g/mol. The van der Waals surface area contributed by atoms with E-state index in [9.17, 15) is 20.0 Å². The first kappa shape index (κ1) is 18.3. The van der Waals surface area contributed by atoms with Crippen LogP contribution < -0.4 is 5.43 Å². The molecular formula is C18H12BrN3O5. The van der Waals surface area contributed by atoms with Gasteiger partial charge >= 0.3 is 0 Å². The second-order valence-electron chi connectivity index (χ2n) is 5.37. The van der Waals surface area contributed by atoms with Crippen molar-refractivity contribution in [1.82, 2.24) is 5.43 Å². The van der Waals surface area contributed by atoms with Crippen LogP contribution in [0.3, 0.4) is 0 Å². The van der Waals surface area contributed by atoms with E-state index in [-0.39, 0.29) is 17.0 Å². The van der Waals surface area contributed by atoms with Crippen molar-refractivity contribution in [3.8, 4) is 17.1 Å². The summed E-state index contributed by atoms with van der Waals surface area (Å²) in [5, 5.41) is 24.2. The van der Waals surface area contributed by atoms with Gasteiger partial charge in [-0.15, -0.1) is 0 Å². The number of nitro benzene ring substituents is 1. The zero-order chi connectivity index (χ0) is 19.4. The van der Waals surface area contributed by atoms with E-state index in [0.29, 0.717) is 11.5 Å². The van der Waals surface area contributed by atoms with E-state index in [2.05, 4.69) is 26.5 Å². The highest BCUT2D eigenvalue weighted by atomic mass is 79.9. The van der Waals surface area contributed by atoms with Gasteiger partial charge in [0.05, 0.1) is 16.7 Å². The summed E-state index contributed by atoms with van der Waals surface area (Å²) >= 11 is 3.36. The number of amides is 1. The molecule has 0 fully saturated rings. The third-order valence-corrected chi connectivity index (χ3v) is 4.08. The standard InChI is InChI=1S/C18H12BrN3O5/c19-12-3-1-11(2-4-12)17-8-6-14(27-17)10-20-21-18(24)15-9-13(22(25)26)5-7-16(15)23/h1-10,23H,(H,21,24)/b20-10+. The fourth-order valence-corrected chi connectivity index (χ4v) is 2.49. The van der Waals surface area contributed by atoms with E-state index in [1.165, 1.54) is 6.21 Å². The molecule has 2 aromatic carbocycles. The minimum atomic E-state index is -0.785. The first-order chi connectivity index (χ1) is 12.9. The summed E-state index contributed by atoms with van der Waals surface area (Å²) in [5.41, 5.74) is 2.50. The summed E-state index contributed by atoms with van der Waals surface area (Å²) in [6.45, 7) is 0. The maximum Gasteiger partial charge on any atom is 0.275 e. The topological polar surface area (TPSA) is 118 Å². The maximum absolute atomic E-state index is 12.0. The number of hydrogen-bond acceptors (Lipinski definition) is 6. The largest absolute Gasteiger partial charge is 0.507 e. The molecule has 0 aliphatic rings. The van der Waals surface area contributed by atoms with E-state index in [4.69, 9.17) is 4.42 Å². The van der Waals surface area contributed by atoms with E-state index >= 15 is 0 Å². The highest BCUT2D eigenvalue weighted by Crippen LogP contribution is 2.24. The summed E-state index contributed by atoms with van der Waals surface area (Å²) in [7, 11) is 0. The van der Waals surface area contributed by atoms with Gasteiger partial charge in [0.15, 0.2) is 0 Å². The minimum Gasteiger partial charge on any atom is -0.507 e. The zero-order valence-electron chi connectivity index (χ0n) is 13.6. The molecular weight excluding hydrogens is 418 g/mol. The van der Waals surface area contributed by atoms with Gasteiger partial charge in [0.25, 0.3) is 11.6 Å². The number of hydrogen-bond donors (Lipinski definition) is 2. The molecule has 136 valence electrons. The number of carbonyl (C=O) groups excluding carboxylic acids is 1. The molecule has 0 spiro atoms. The Hall–Kier alpha value is -3.46. The normalized spacial score (nSPS) is 10.9. The molecule has 0 bridgehead atoms. The second kappa shape index (κ2) is 7.83. The van der Waals surface area contributed by atoms with Crippen LogP contribution >= 0.6 is 15.9 Å². The molecule has 8 nitrogen and oxygen atoms in total. The van der Waals surface area contributed by atoms with Crippen LogP contribution in [0.1, 0.15) is 16.1 Å². The Morgan fingerprint density at radius 2 is 1.93 bits per heavy atom. The average Bonchev–Trinajstić information content (AvgIpc) is 3.11. The van der Waals surface area contributed by atoms with Gasteiger partial charge in [-0.25, -0.2) is 5.43 Å². The lowest BCUT2D eigenvalue weighted by Crippen LogP contribution is -2.17. The summed E-state index contributed by atoms with van der Waals surface area (Å²) in [6, 6.07) is 14.1. The summed E-state index contributed by atoms with van der Waals surface area (Å²) in [5.74, 6) is -0.140. The number of phenols is 1. The third kappa shape index (κ3) is 4.39. The van der Waals surface area contributed by atoms with Crippen molar-refractivity contribution in [3.63, 3.8) is 0 Å². The minimum absolute atomic E-state index is 0.253. The highest BCUT2D eigenvalue weighted by molar-refractivity contribution is 9.10. The quantitative estimate of drug-likeness (QED) is 0.359. The molecule has 3 rings (SSSR count). The molecule has 1 heterocycles. The molecule has 0 saturated carbocycles. The van der Waals surface area contributed by atoms with E-state index in [0.717, 1.165) is 28.2 Å². The van der Waals surface area contributed by atoms with Gasteiger partial charge in [-0.05, 0) is 30.3 Å². The molecule has 3 aromatic rings. The Labute approximate surface area is 161 Å². The van der Waals surface area contributed by atoms with Gasteiger partial charge < -0.3 is 9.52 Å². The summed E-state index contributed by atoms with van der Waals surface area (Å²) in [4.78, 5) is 22.2. The molecule has 27 heavy (non-hydrogen) atoms. The predicted octanol–water partition coefficient (Wildman–Crippen LogP) is 4.09. The number of nitrogens with zero attached hydrogens (tertiary/aromatic N) is 2. The Morgan fingerprint density at radius 1 is 1.19 bits per heavy atom. The molecule has 0 aliphatic carbocycles. The van der Waals surface area contributed by atoms with Gasteiger partial charge in [0, 0.05) is 22.2 Å². The fourth-order valence-electron chi connectivity index (χ4n) is 2.23. The van der Waals surface area contributed by atoms with E-state index < -0.39 is 10.8 Å². The van der Waals surface area contributed by atoms with Gasteiger partial charge in [-0.1, -0.05) is 28.1 Å². The van der Waals surface area contributed by atoms with Crippen LogP contribution in [0.15, 0.2) is 68.6 Å². The molecule has 0 unspecified atom stereocenters.